The SMILES string of the molecule is Cc1nc(Cl)cc(NC(C)Cc2ccsc2)n1. The van der Waals surface area contributed by atoms with Crippen molar-refractivity contribution in [2.24, 2.45) is 0 Å². The molecule has 1 N–H and O–H groups in total. The van der Waals surface area contributed by atoms with Gasteiger partial charge in [0.2, 0.25) is 0 Å². The van der Waals surface area contributed by atoms with Gasteiger partial charge in [0.15, 0.2) is 0 Å². The second-order valence-electron chi connectivity index (χ2n) is 4.00. The predicted molar refractivity (Wildman–Crippen MR) is 72.9 cm³/mol. The molecule has 3 nitrogen and oxygen atoms in total. The van der Waals surface area contributed by atoms with Crippen LogP contribution in [-0.4, -0.2) is 16.0 Å². The lowest BCUT2D eigenvalue weighted by Crippen LogP contribution is -2.18. The molecule has 2 heterocycles. The molecule has 2 aromatic rings. The van der Waals surface area contributed by atoms with Crippen LogP contribution >= 0.6 is 22.9 Å². The van der Waals surface area contributed by atoms with Gasteiger partial charge < -0.3 is 5.32 Å². The number of halogens is 1. The summed E-state index contributed by atoms with van der Waals surface area (Å²) < 4.78 is 0. The van der Waals surface area contributed by atoms with Crippen molar-refractivity contribution in [2.75, 3.05) is 5.32 Å². The van der Waals surface area contributed by atoms with Gasteiger partial charge in [0.25, 0.3) is 0 Å². The highest BCUT2D eigenvalue weighted by molar-refractivity contribution is 7.07. The molecular formula is C12H14ClN3S. The molecule has 5 heteroatoms. The van der Waals surface area contributed by atoms with E-state index in [0.717, 1.165) is 12.2 Å². The molecule has 0 aliphatic heterocycles. The first-order valence-corrected chi connectivity index (χ1v) is 6.74. The molecule has 0 amide bonds. The molecule has 0 aliphatic carbocycles. The Morgan fingerprint density at radius 2 is 2.29 bits per heavy atom. The Balaban J connectivity index is 2.00. The number of hydrogen-bond donors (Lipinski definition) is 1. The first-order valence-electron chi connectivity index (χ1n) is 5.42. The van der Waals surface area contributed by atoms with Crippen molar-refractivity contribution in [1.29, 1.82) is 0 Å². The maximum atomic E-state index is 5.89. The van der Waals surface area contributed by atoms with Crippen LogP contribution in [-0.2, 0) is 6.42 Å². The number of hydrogen-bond acceptors (Lipinski definition) is 4. The van der Waals surface area contributed by atoms with Gasteiger partial charge in [-0.3, -0.25) is 0 Å². The molecule has 2 aromatic heterocycles. The Hall–Kier alpha value is -1.13. The van der Waals surface area contributed by atoms with Crippen LogP contribution in [0.1, 0.15) is 18.3 Å². The average molecular weight is 268 g/mol. The largest absolute Gasteiger partial charge is 0.367 e. The first kappa shape index (κ1) is 12.3. The van der Waals surface area contributed by atoms with Gasteiger partial charge in [0, 0.05) is 12.1 Å². The van der Waals surface area contributed by atoms with Gasteiger partial charge in [-0.2, -0.15) is 11.3 Å². The zero-order valence-electron chi connectivity index (χ0n) is 9.77. The van der Waals surface area contributed by atoms with E-state index in [0.29, 0.717) is 17.0 Å². The number of aromatic nitrogens is 2. The molecule has 2 rings (SSSR count). The van der Waals surface area contributed by atoms with Crippen LogP contribution < -0.4 is 5.32 Å². The molecule has 0 saturated heterocycles. The fourth-order valence-corrected chi connectivity index (χ4v) is 2.58. The Kier molecular flexibility index (Phi) is 3.97. The molecule has 0 radical (unpaired) electrons. The Morgan fingerprint density at radius 1 is 1.47 bits per heavy atom. The lowest BCUT2D eigenvalue weighted by atomic mass is 10.1. The van der Waals surface area contributed by atoms with Crippen LogP contribution in [0.3, 0.4) is 0 Å². The quantitative estimate of drug-likeness (QED) is 0.861. The summed E-state index contributed by atoms with van der Waals surface area (Å²) in [5.74, 6) is 1.47. The Bertz CT molecular complexity index is 464. The third-order valence-corrected chi connectivity index (χ3v) is 3.25. The fraction of sp³-hybridized carbons (Fsp3) is 0.333. The zero-order valence-corrected chi connectivity index (χ0v) is 11.3. The second-order valence-corrected chi connectivity index (χ2v) is 5.17. The van der Waals surface area contributed by atoms with Gasteiger partial charge >= 0.3 is 0 Å². The smallest absolute Gasteiger partial charge is 0.134 e. The highest BCUT2D eigenvalue weighted by atomic mass is 35.5. The van der Waals surface area contributed by atoms with Crippen molar-refractivity contribution in [3.63, 3.8) is 0 Å². The number of rotatable bonds is 4. The molecule has 1 atom stereocenters. The predicted octanol–water partition coefficient (Wildman–Crippen LogP) is 3.54. The topological polar surface area (TPSA) is 37.8 Å². The average Bonchev–Trinajstić information content (AvgIpc) is 2.67. The normalized spacial score (nSPS) is 12.4. The van der Waals surface area contributed by atoms with Crippen LogP contribution in [0.5, 0.6) is 0 Å². The van der Waals surface area contributed by atoms with E-state index in [2.05, 4.69) is 39.0 Å². The molecule has 90 valence electrons. The van der Waals surface area contributed by atoms with Crippen molar-refractivity contribution in [3.8, 4) is 0 Å². The van der Waals surface area contributed by atoms with Crippen LogP contribution in [0, 0.1) is 6.92 Å². The van der Waals surface area contributed by atoms with Crippen LogP contribution in [0.25, 0.3) is 0 Å². The van der Waals surface area contributed by atoms with Crippen molar-refractivity contribution in [2.45, 2.75) is 26.3 Å². The molecule has 0 fully saturated rings. The fourth-order valence-electron chi connectivity index (χ4n) is 1.67. The van der Waals surface area contributed by atoms with Crippen LogP contribution in [0.4, 0.5) is 5.82 Å². The maximum absolute atomic E-state index is 5.89. The van der Waals surface area contributed by atoms with E-state index in [9.17, 15) is 0 Å². The molecule has 1 unspecified atom stereocenters. The highest BCUT2D eigenvalue weighted by Gasteiger charge is 2.06. The summed E-state index contributed by atoms with van der Waals surface area (Å²) in [5, 5.41) is 8.06. The third kappa shape index (κ3) is 3.68. The summed E-state index contributed by atoms with van der Waals surface area (Å²) >= 11 is 7.61. The van der Waals surface area contributed by atoms with E-state index < -0.39 is 0 Å². The van der Waals surface area contributed by atoms with Crippen molar-refractivity contribution in [1.82, 2.24) is 9.97 Å². The van der Waals surface area contributed by atoms with Crippen LogP contribution in [0.2, 0.25) is 5.15 Å². The van der Waals surface area contributed by atoms with Gasteiger partial charge in [0.1, 0.15) is 16.8 Å². The number of anilines is 1. The second kappa shape index (κ2) is 5.47. The van der Waals surface area contributed by atoms with E-state index in [1.165, 1.54) is 5.56 Å². The Labute approximate surface area is 110 Å². The lowest BCUT2D eigenvalue weighted by Gasteiger charge is -2.14. The minimum Gasteiger partial charge on any atom is -0.367 e. The summed E-state index contributed by atoms with van der Waals surface area (Å²) in [6.07, 6.45) is 0.976. The van der Waals surface area contributed by atoms with Crippen molar-refractivity contribution >= 4 is 28.8 Å². The van der Waals surface area contributed by atoms with E-state index in [4.69, 9.17) is 11.6 Å². The van der Waals surface area contributed by atoms with Crippen LogP contribution in [0.15, 0.2) is 22.9 Å². The van der Waals surface area contributed by atoms with E-state index in [1.807, 2.05) is 6.92 Å². The molecule has 0 aromatic carbocycles. The number of aryl methyl sites for hydroxylation is 1. The Morgan fingerprint density at radius 3 is 2.94 bits per heavy atom. The molecule has 17 heavy (non-hydrogen) atoms. The van der Waals surface area contributed by atoms with Crippen molar-refractivity contribution in [3.05, 3.63) is 39.4 Å². The van der Waals surface area contributed by atoms with E-state index in [1.54, 1.807) is 17.4 Å². The van der Waals surface area contributed by atoms with Gasteiger partial charge in [-0.25, -0.2) is 9.97 Å². The number of nitrogens with zero attached hydrogens (tertiary/aromatic N) is 2. The summed E-state index contributed by atoms with van der Waals surface area (Å²) in [5.41, 5.74) is 1.34. The third-order valence-electron chi connectivity index (χ3n) is 2.32. The van der Waals surface area contributed by atoms with E-state index >= 15 is 0 Å². The molecule has 0 aliphatic rings. The first-order chi connectivity index (χ1) is 8.13. The summed E-state index contributed by atoms with van der Waals surface area (Å²) in [6, 6.07) is 4.20. The standard InChI is InChI=1S/C12H14ClN3S/c1-8(5-10-3-4-17-7-10)14-12-6-11(13)15-9(2)16-12/h3-4,6-8H,5H2,1-2H3,(H,14,15,16). The maximum Gasteiger partial charge on any atom is 0.134 e. The highest BCUT2D eigenvalue weighted by Crippen LogP contribution is 2.14. The van der Waals surface area contributed by atoms with Gasteiger partial charge in [-0.15, -0.1) is 0 Å². The summed E-state index contributed by atoms with van der Waals surface area (Å²) in [4.78, 5) is 8.33. The van der Waals surface area contributed by atoms with Gasteiger partial charge in [0.05, 0.1) is 0 Å². The summed E-state index contributed by atoms with van der Waals surface area (Å²) in [6.45, 7) is 3.96. The van der Waals surface area contributed by atoms with Gasteiger partial charge in [-0.1, -0.05) is 11.6 Å². The molecule has 0 spiro atoms. The zero-order chi connectivity index (χ0) is 12.3. The lowest BCUT2D eigenvalue weighted by molar-refractivity contribution is 0.784. The molecular weight excluding hydrogens is 254 g/mol. The van der Waals surface area contributed by atoms with E-state index in [-0.39, 0.29) is 0 Å². The summed E-state index contributed by atoms with van der Waals surface area (Å²) in [7, 11) is 0. The van der Waals surface area contributed by atoms with Crippen molar-refractivity contribution < 1.29 is 0 Å². The number of nitrogens with one attached hydrogen (secondary N) is 1. The molecule has 0 saturated carbocycles. The minimum absolute atomic E-state index is 0.315. The van der Waals surface area contributed by atoms with Gasteiger partial charge in [-0.05, 0) is 42.7 Å². The number of thiophene rings is 1. The monoisotopic (exact) mass is 267 g/mol. The molecule has 0 bridgehead atoms. The minimum atomic E-state index is 0.315.